The fourth-order valence-electron chi connectivity index (χ4n) is 2.29. The lowest BCUT2D eigenvalue weighted by atomic mass is 10.0. The average Bonchev–Trinajstić information content (AvgIpc) is 2.84. The molecule has 0 aliphatic heterocycles. The van der Waals surface area contributed by atoms with Gasteiger partial charge in [0.2, 0.25) is 12.3 Å². The highest BCUT2D eigenvalue weighted by atomic mass is 16.4. The molecule has 1 N–H and O–H groups in total. The van der Waals surface area contributed by atoms with Crippen LogP contribution in [0.1, 0.15) is 32.8 Å². The Kier molecular flexibility index (Phi) is 4.20. The Hall–Kier alpha value is -1.84. The van der Waals surface area contributed by atoms with Crippen LogP contribution in [-0.4, -0.2) is 16.2 Å². The third kappa shape index (κ3) is 3.56. The van der Waals surface area contributed by atoms with Crippen molar-refractivity contribution in [2.75, 3.05) is 5.32 Å². The predicted octanol–water partition coefficient (Wildman–Crippen LogP) is 3.89. The summed E-state index contributed by atoms with van der Waals surface area (Å²) in [5.41, 5.74) is 3.31. The number of benzene rings is 1. The number of aromatic nitrogens is 2. The maximum atomic E-state index is 5.21. The first-order chi connectivity index (χ1) is 9.06. The molecule has 1 atom stereocenters. The summed E-state index contributed by atoms with van der Waals surface area (Å²) in [6.07, 6.45) is 2.51. The lowest BCUT2D eigenvalue weighted by Crippen LogP contribution is -2.18. The maximum Gasteiger partial charge on any atom is 0.247 e. The third-order valence-electron chi connectivity index (χ3n) is 3.06. The van der Waals surface area contributed by atoms with Crippen LogP contribution in [0.2, 0.25) is 0 Å². The lowest BCUT2D eigenvalue weighted by Gasteiger charge is -2.19. The molecular weight excluding hydrogens is 238 g/mol. The summed E-state index contributed by atoms with van der Waals surface area (Å²) in [7, 11) is 0. The van der Waals surface area contributed by atoms with Crippen LogP contribution in [0.25, 0.3) is 11.5 Å². The molecule has 0 amide bonds. The van der Waals surface area contributed by atoms with Gasteiger partial charge in [-0.15, -0.1) is 10.2 Å². The number of aryl methyl sites for hydroxylation is 1. The van der Waals surface area contributed by atoms with E-state index in [1.165, 1.54) is 12.0 Å². The number of anilines is 1. The quantitative estimate of drug-likeness (QED) is 0.885. The molecular formula is C15H21N3O. The molecule has 4 heteroatoms. The minimum atomic E-state index is 0.466. The van der Waals surface area contributed by atoms with Crippen molar-refractivity contribution in [3.05, 3.63) is 30.2 Å². The normalized spacial score (nSPS) is 12.7. The summed E-state index contributed by atoms with van der Waals surface area (Å²) in [5, 5.41) is 11.2. The van der Waals surface area contributed by atoms with Gasteiger partial charge in [0.1, 0.15) is 0 Å². The van der Waals surface area contributed by atoms with Crippen LogP contribution in [-0.2, 0) is 0 Å². The van der Waals surface area contributed by atoms with Gasteiger partial charge in [0.05, 0.1) is 0 Å². The minimum absolute atomic E-state index is 0.466. The summed E-state index contributed by atoms with van der Waals surface area (Å²) in [6, 6.07) is 6.61. The van der Waals surface area contributed by atoms with Gasteiger partial charge in [0.15, 0.2) is 0 Å². The smallest absolute Gasteiger partial charge is 0.247 e. The summed E-state index contributed by atoms with van der Waals surface area (Å²) >= 11 is 0. The molecule has 2 rings (SSSR count). The molecule has 4 nitrogen and oxygen atoms in total. The second-order valence-electron chi connectivity index (χ2n) is 5.45. The van der Waals surface area contributed by atoms with Crippen LogP contribution < -0.4 is 5.32 Å². The number of hydrogen-bond acceptors (Lipinski definition) is 4. The molecule has 0 saturated carbocycles. The molecule has 1 aromatic carbocycles. The molecule has 0 bridgehead atoms. The molecule has 1 heterocycles. The van der Waals surface area contributed by atoms with E-state index in [0.29, 0.717) is 17.9 Å². The Bertz CT molecular complexity index is 520. The molecule has 0 spiro atoms. The highest BCUT2D eigenvalue weighted by Gasteiger charge is 2.09. The van der Waals surface area contributed by atoms with Gasteiger partial charge < -0.3 is 9.73 Å². The highest BCUT2D eigenvalue weighted by Crippen LogP contribution is 2.24. The fraction of sp³-hybridized carbons (Fsp3) is 0.467. The van der Waals surface area contributed by atoms with E-state index in [4.69, 9.17) is 4.42 Å². The van der Waals surface area contributed by atoms with Crippen LogP contribution >= 0.6 is 0 Å². The second-order valence-corrected chi connectivity index (χ2v) is 5.45. The Morgan fingerprint density at radius 2 is 2.05 bits per heavy atom. The maximum absolute atomic E-state index is 5.21. The van der Waals surface area contributed by atoms with Crippen molar-refractivity contribution in [1.29, 1.82) is 0 Å². The molecule has 1 aromatic heterocycles. The molecule has 0 aliphatic rings. The Labute approximate surface area is 114 Å². The van der Waals surface area contributed by atoms with Crippen molar-refractivity contribution in [3.63, 3.8) is 0 Å². The molecule has 0 radical (unpaired) electrons. The van der Waals surface area contributed by atoms with Gasteiger partial charge in [-0.3, -0.25) is 0 Å². The Balaban J connectivity index is 2.11. The monoisotopic (exact) mass is 259 g/mol. The van der Waals surface area contributed by atoms with E-state index in [2.05, 4.69) is 55.3 Å². The predicted molar refractivity (Wildman–Crippen MR) is 77.0 cm³/mol. The van der Waals surface area contributed by atoms with Crippen molar-refractivity contribution in [1.82, 2.24) is 10.2 Å². The number of nitrogens with zero attached hydrogens (tertiary/aromatic N) is 2. The van der Waals surface area contributed by atoms with Gasteiger partial charge in [-0.25, -0.2) is 0 Å². The summed E-state index contributed by atoms with van der Waals surface area (Å²) in [4.78, 5) is 0. The van der Waals surface area contributed by atoms with E-state index in [1.807, 2.05) is 6.07 Å². The number of nitrogens with one attached hydrogen (secondary N) is 1. The van der Waals surface area contributed by atoms with Crippen LogP contribution in [0.15, 0.2) is 29.0 Å². The average molecular weight is 259 g/mol. The number of hydrogen-bond donors (Lipinski definition) is 1. The summed E-state index contributed by atoms with van der Waals surface area (Å²) in [6.45, 7) is 8.78. The van der Waals surface area contributed by atoms with Gasteiger partial charge >= 0.3 is 0 Å². The van der Waals surface area contributed by atoms with E-state index >= 15 is 0 Å². The van der Waals surface area contributed by atoms with E-state index in [9.17, 15) is 0 Å². The topological polar surface area (TPSA) is 51.0 Å². The van der Waals surface area contributed by atoms with Gasteiger partial charge in [0.25, 0.3) is 0 Å². The van der Waals surface area contributed by atoms with E-state index in [-0.39, 0.29) is 0 Å². The summed E-state index contributed by atoms with van der Waals surface area (Å²) in [5.74, 6) is 1.25. The highest BCUT2D eigenvalue weighted by molar-refractivity contribution is 5.62. The Morgan fingerprint density at radius 1 is 1.26 bits per heavy atom. The van der Waals surface area contributed by atoms with E-state index < -0.39 is 0 Å². The molecule has 102 valence electrons. The van der Waals surface area contributed by atoms with Crippen LogP contribution in [0.4, 0.5) is 5.69 Å². The van der Waals surface area contributed by atoms with Crippen molar-refractivity contribution in [3.8, 4) is 11.5 Å². The van der Waals surface area contributed by atoms with Crippen LogP contribution in [0.3, 0.4) is 0 Å². The molecule has 19 heavy (non-hydrogen) atoms. The fourth-order valence-corrected chi connectivity index (χ4v) is 2.29. The third-order valence-corrected chi connectivity index (χ3v) is 3.06. The largest absolute Gasteiger partial charge is 0.423 e. The molecule has 1 unspecified atom stereocenters. The zero-order valence-electron chi connectivity index (χ0n) is 12.0. The van der Waals surface area contributed by atoms with Gasteiger partial charge in [-0.2, -0.15) is 0 Å². The van der Waals surface area contributed by atoms with Crippen LogP contribution in [0.5, 0.6) is 0 Å². The van der Waals surface area contributed by atoms with Crippen molar-refractivity contribution in [2.24, 2.45) is 5.92 Å². The van der Waals surface area contributed by atoms with Gasteiger partial charge in [-0.05, 0) is 49.9 Å². The molecule has 0 aliphatic carbocycles. The lowest BCUT2D eigenvalue weighted by molar-refractivity contribution is 0.539. The zero-order valence-corrected chi connectivity index (χ0v) is 12.0. The SMILES string of the molecule is Cc1cc(-c2nnco2)ccc1NC(C)CC(C)C. The molecule has 2 aromatic rings. The van der Waals surface area contributed by atoms with Crippen molar-refractivity contribution >= 4 is 5.69 Å². The van der Waals surface area contributed by atoms with E-state index in [1.54, 1.807) is 0 Å². The summed E-state index contributed by atoms with van der Waals surface area (Å²) < 4.78 is 5.21. The standard InChI is InChI=1S/C15H21N3O/c1-10(2)7-12(4)17-14-6-5-13(8-11(14)3)15-18-16-9-19-15/h5-6,8-10,12,17H,7H2,1-4H3. The first-order valence-corrected chi connectivity index (χ1v) is 6.70. The first kappa shape index (κ1) is 13.6. The molecule has 0 fully saturated rings. The van der Waals surface area contributed by atoms with Crippen molar-refractivity contribution in [2.45, 2.75) is 40.2 Å². The zero-order chi connectivity index (χ0) is 13.8. The Morgan fingerprint density at radius 3 is 2.63 bits per heavy atom. The number of rotatable bonds is 5. The first-order valence-electron chi connectivity index (χ1n) is 6.70. The van der Waals surface area contributed by atoms with Gasteiger partial charge in [-0.1, -0.05) is 13.8 Å². The van der Waals surface area contributed by atoms with E-state index in [0.717, 1.165) is 17.7 Å². The van der Waals surface area contributed by atoms with Gasteiger partial charge in [0, 0.05) is 17.3 Å². The second kappa shape index (κ2) is 5.87. The minimum Gasteiger partial charge on any atom is -0.423 e. The van der Waals surface area contributed by atoms with Crippen molar-refractivity contribution < 1.29 is 4.42 Å². The van der Waals surface area contributed by atoms with Crippen LogP contribution in [0, 0.1) is 12.8 Å². The molecule has 0 saturated heterocycles.